The highest BCUT2D eigenvalue weighted by molar-refractivity contribution is 8.13. The number of rotatable bonds is 6. The van der Waals surface area contributed by atoms with Gasteiger partial charge in [-0.15, -0.1) is 0 Å². The SMILES string of the molecule is CCN(CC)CCCN=C1NC(C)C(C)CS1. The predicted molar refractivity (Wildman–Crippen MR) is 78.9 cm³/mol. The van der Waals surface area contributed by atoms with Crippen molar-refractivity contribution in [3.63, 3.8) is 0 Å². The van der Waals surface area contributed by atoms with Crippen LogP contribution in [0.1, 0.15) is 34.1 Å². The fourth-order valence-electron chi connectivity index (χ4n) is 1.84. The lowest BCUT2D eigenvalue weighted by Crippen LogP contribution is -2.41. The van der Waals surface area contributed by atoms with E-state index >= 15 is 0 Å². The van der Waals surface area contributed by atoms with Crippen LogP contribution in [0.25, 0.3) is 0 Å². The smallest absolute Gasteiger partial charge is 0.156 e. The number of nitrogens with one attached hydrogen (secondary N) is 1. The fraction of sp³-hybridized carbons (Fsp3) is 0.923. The molecule has 0 aromatic heterocycles. The first-order chi connectivity index (χ1) is 8.17. The van der Waals surface area contributed by atoms with Gasteiger partial charge in [0.1, 0.15) is 0 Å². The van der Waals surface area contributed by atoms with Gasteiger partial charge < -0.3 is 10.2 Å². The molecule has 1 N–H and O–H groups in total. The molecule has 0 amide bonds. The summed E-state index contributed by atoms with van der Waals surface area (Å²) in [5.41, 5.74) is 0. The number of hydrogen-bond donors (Lipinski definition) is 1. The third-order valence-electron chi connectivity index (χ3n) is 3.47. The van der Waals surface area contributed by atoms with Gasteiger partial charge in [-0.05, 0) is 38.9 Å². The van der Waals surface area contributed by atoms with E-state index in [1.165, 1.54) is 12.3 Å². The largest absolute Gasteiger partial charge is 0.362 e. The summed E-state index contributed by atoms with van der Waals surface area (Å²) < 4.78 is 0. The van der Waals surface area contributed by atoms with E-state index < -0.39 is 0 Å². The van der Waals surface area contributed by atoms with Crippen LogP contribution < -0.4 is 5.32 Å². The zero-order valence-corrected chi connectivity index (χ0v) is 12.5. The van der Waals surface area contributed by atoms with Crippen LogP contribution in [0.4, 0.5) is 0 Å². The molecule has 1 heterocycles. The Hall–Kier alpha value is -0.220. The first kappa shape index (κ1) is 14.8. The molecule has 1 saturated heterocycles. The minimum absolute atomic E-state index is 0.567. The van der Waals surface area contributed by atoms with Crippen molar-refractivity contribution in [3.05, 3.63) is 0 Å². The molecule has 17 heavy (non-hydrogen) atoms. The van der Waals surface area contributed by atoms with Crippen molar-refractivity contribution in [2.45, 2.75) is 40.2 Å². The van der Waals surface area contributed by atoms with Gasteiger partial charge in [0, 0.05) is 18.3 Å². The number of aliphatic imine (C=N–C) groups is 1. The molecule has 4 heteroatoms. The standard InChI is InChI=1S/C13H27N3S/c1-5-16(6-2)9-7-8-14-13-15-12(4)11(3)10-17-13/h11-12H,5-10H2,1-4H3,(H,14,15). The Morgan fingerprint density at radius 1 is 1.35 bits per heavy atom. The Morgan fingerprint density at radius 2 is 2.06 bits per heavy atom. The fourth-order valence-corrected chi connectivity index (χ4v) is 3.00. The molecule has 2 unspecified atom stereocenters. The van der Waals surface area contributed by atoms with Crippen molar-refractivity contribution in [2.24, 2.45) is 10.9 Å². The summed E-state index contributed by atoms with van der Waals surface area (Å²) in [4.78, 5) is 7.10. The lowest BCUT2D eigenvalue weighted by molar-refractivity contribution is 0.302. The van der Waals surface area contributed by atoms with Gasteiger partial charge in [0.05, 0.1) is 0 Å². The van der Waals surface area contributed by atoms with Gasteiger partial charge in [0.25, 0.3) is 0 Å². The first-order valence-corrected chi connectivity index (χ1v) is 7.82. The van der Waals surface area contributed by atoms with Crippen molar-refractivity contribution in [2.75, 3.05) is 31.9 Å². The first-order valence-electron chi connectivity index (χ1n) is 6.83. The summed E-state index contributed by atoms with van der Waals surface area (Å²) in [6, 6.07) is 0.567. The van der Waals surface area contributed by atoms with Gasteiger partial charge in [0.2, 0.25) is 0 Å². The summed E-state index contributed by atoms with van der Waals surface area (Å²) >= 11 is 1.87. The second-order valence-corrected chi connectivity index (χ2v) is 5.80. The van der Waals surface area contributed by atoms with Crippen LogP contribution in [-0.4, -0.2) is 48.0 Å². The highest BCUT2D eigenvalue weighted by Crippen LogP contribution is 2.19. The second-order valence-electron chi connectivity index (χ2n) is 4.79. The molecular formula is C13H27N3S. The lowest BCUT2D eigenvalue weighted by atomic mass is 10.1. The highest BCUT2D eigenvalue weighted by atomic mass is 32.2. The topological polar surface area (TPSA) is 27.6 Å². The maximum absolute atomic E-state index is 4.65. The summed E-state index contributed by atoms with van der Waals surface area (Å²) in [5.74, 6) is 1.94. The van der Waals surface area contributed by atoms with Crippen molar-refractivity contribution in [1.29, 1.82) is 0 Å². The van der Waals surface area contributed by atoms with Crippen LogP contribution in [0.5, 0.6) is 0 Å². The van der Waals surface area contributed by atoms with E-state index in [1.54, 1.807) is 0 Å². The molecule has 100 valence electrons. The summed E-state index contributed by atoms with van der Waals surface area (Å²) in [6.07, 6.45) is 1.16. The van der Waals surface area contributed by atoms with Gasteiger partial charge in [-0.2, -0.15) is 0 Å². The van der Waals surface area contributed by atoms with E-state index in [0.29, 0.717) is 6.04 Å². The minimum Gasteiger partial charge on any atom is -0.362 e. The maximum Gasteiger partial charge on any atom is 0.156 e. The maximum atomic E-state index is 4.65. The normalized spacial score (nSPS) is 27.5. The average molecular weight is 257 g/mol. The number of nitrogens with zero attached hydrogens (tertiary/aromatic N) is 2. The van der Waals surface area contributed by atoms with Crippen LogP contribution in [-0.2, 0) is 0 Å². The van der Waals surface area contributed by atoms with E-state index in [-0.39, 0.29) is 0 Å². The van der Waals surface area contributed by atoms with Crippen LogP contribution in [0, 0.1) is 5.92 Å². The van der Waals surface area contributed by atoms with Gasteiger partial charge in [-0.25, -0.2) is 0 Å². The van der Waals surface area contributed by atoms with Crippen molar-refractivity contribution in [3.8, 4) is 0 Å². The molecule has 0 saturated carbocycles. The Morgan fingerprint density at radius 3 is 2.65 bits per heavy atom. The molecule has 0 bridgehead atoms. The van der Waals surface area contributed by atoms with Crippen LogP contribution in [0.3, 0.4) is 0 Å². The number of hydrogen-bond acceptors (Lipinski definition) is 3. The average Bonchev–Trinajstić information content (AvgIpc) is 2.34. The van der Waals surface area contributed by atoms with E-state index in [9.17, 15) is 0 Å². The van der Waals surface area contributed by atoms with Gasteiger partial charge in [-0.1, -0.05) is 32.5 Å². The molecule has 0 spiro atoms. The zero-order chi connectivity index (χ0) is 12.7. The molecule has 3 nitrogen and oxygen atoms in total. The summed E-state index contributed by atoms with van der Waals surface area (Å²) in [7, 11) is 0. The quantitative estimate of drug-likeness (QED) is 0.741. The minimum atomic E-state index is 0.567. The van der Waals surface area contributed by atoms with Crippen LogP contribution in [0.15, 0.2) is 4.99 Å². The molecule has 0 aromatic carbocycles. The van der Waals surface area contributed by atoms with Crippen molar-refractivity contribution >= 4 is 16.9 Å². The van der Waals surface area contributed by atoms with E-state index in [4.69, 9.17) is 0 Å². The Kier molecular flexibility index (Phi) is 6.97. The Bertz CT molecular complexity index is 239. The molecule has 0 radical (unpaired) electrons. The molecule has 1 aliphatic rings. The van der Waals surface area contributed by atoms with E-state index in [0.717, 1.165) is 37.1 Å². The third kappa shape index (κ3) is 5.30. The Balaban J connectivity index is 2.20. The second kappa shape index (κ2) is 7.98. The highest BCUT2D eigenvalue weighted by Gasteiger charge is 2.20. The van der Waals surface area contributed by atoms with Crippen LogP contribution in [0.2, 0.25) is 0 Å². The molecule has 1 aliphatic heterocycles. The molecule has 2 atom stereocenters. The molecule has 1 fully saturated rings. The van der Waals surface area contributed by atoms with Gasteiger partial charge >= 0.3 is 0 Å². The predicted octanol–water partition coefficient (Wildman–Crippen LogP) is 2.44. The third-order valence-corrected chi connectivity index (χ3v) is 4.68. The number of amidine groups is 1. The molecule has 0 aliphatic carbocycles. The lowest BCUT2D eigenvalue weighted by Gasteiger charge is -2.28. The zero-order valence-electron chi connectivity index (χ0n) is 11.7. The van der Waals surface area contributed by atoms with E-state index in [1.807, 2.05) is 11.8 Å². The number of thioether (sulfide) groups is 1. The summed E-state index contributed by atoms with van der Waals surface area (Å²) in [6.45, 7) is 13.4. The van der Waals surface area contributed by atoms with Gasteiger partial charge in [-0.3, -0.25) is 4.99 Å². The Labute approximate surface area is 110 Å². The van der Waals surface area contributed by atoms with Crippen molar-refractivity contribution in [1.82, 2.24) is 10.2 Å². The van der Waals surface area contributed by atoms with Gasteiger partial charge in [0.15, 0.2) is 5.17 Å². The monoisotopic (exact) mass is 257 g/mol. The van der Waals surface area contributed by atoms with Crippen LogP contribution >= 0.6 is 11.8 Å². The van der Waals surface area contributed by atoms with E-state index in [2.05, 4.69) is 42.9 Å². The molecule has 1 rings (SSSR count). The molecule has 0 aromatic rings. The van der Waals surface area contributed by atoms with Crippen molar-refractivity contribution < 1.29 is 0 Å². The summed E-state index contributed by atoms with van der Waals surface area (Å²) in [5, 5.41) is 4.63. The molecular weight excluding hydrogens is 230 g/mol.